The molecule has 2 aromatic heterocycles. The summed E-state index contributed by atoms with van der Waals surface area (Å²) in [6, 6.07) is 20.6. The van der Waals surface area contributed by atoms with Crippen LogP contribution in [-0.2, 0) is 0 Å². The Morgan fingerprint density at radius 3 is 2.48 bits per heavy atom. The Balaban J connectivity index is 1.47. The molecule has 0 aliphatic carbocycles. The summed E-state index contributed by atoms with van der Waals surface area (Å²) in [5, 5.41) is 8.98. The van der Waals surface area contributed by atoms with E-state index in [4.69, 9.17) is 0 Å². The second-order valence-electron chi connectivity index (χ2n) is 5.80. The Bertz CT molecular complexity index is 1050. The minimum atomic E-state index is -0.137. The summed E-state index contributed by atoms with van der Waals surface area (Å²) < 4.78 is 0. The fourth-order valence-corrected chi connectivity index (χ4v) is 3.32. The molecule has 4 aromatic rings. The van der Waals surface area contributed by atoms with E-state index in [9.17, 15) is 4.79 Å². The molecule has 1 amide bonds. The zero-order valence-corrected chi connectivity index (χ0v) is 15.1. The Labute approximate surface area is 160 Å². The summed E-state index contributed by atoms with van der Waals surface area (Å²) in [6.45, 7) is 0. The quantitative estimate of drug-likeness (QED) is 0.505. The van der Waals surface area contributed by atoms with E-state index < -0.39 is 0 Å². The maximum absolute atomic E-state index is 12.3. The van der Waals surface area contributed by atoms with Gasteiger partial charge in [-0.15, -0.1) is 11.3 Å². The maximum Gasteiger partial charge on any atom is 0.255 e. The molecule has 4 rings (SSSR count). The van der Waals surface area contributed by atoms with Gasteiger partial charge < -0.3 is 10.6 Å². The van der Waals surface area contributed by atoms with Crippen molar-refractivity contribution < 1.29 is 4.79 Å². The van der Waals surface area contributed by atoms with Gasteiger partial charge in [-0.1, -0.05) is 24.3 Å². The Morgan fingerprint density at radius 1 is 0.889 bits per heavy atom. The molecule has 0 atom stereocenters. The molecule has 0 aliphatic rings. The van der Waals surface area contributed by atoms with Gasteiger partial charge in [0.1, 0.15) is 0 Å². The van der Waals surface area contributed by atoms with Crippen LogP contribution in [0.3, 0.4) is 0 Å². The van der Waals surface area contributed by atoms with Crippen LogP contribution in [0.5, 0.6) is 0 Å². The number of anilines is 3. The lowest BCUT2D eigenvalue weighted by atomic mass is 10.2. The lowest BCUT2D eigenvalue weighted by Crippen LogP contribution is -2.11. The van der Waals surface area contributed by atoms with Gasteiger partial charge in [-0.25, -0.2) is 4.98 Å². The topological polar surface area (TPSA) is 66.9 Å². The number of nitrogens with one attached hydrogen (secondary N) is 2. The summed E-state index contributed by atoms with van der Waals surface area (Å²) in [5.74, 6) is -0.137. The van der Waals surface area contributed by atoms with Crippen LogP contribution in [0.25, 0.3) is 11.3 Å². The third-order valence-corrected chi connectivity index (χ3v) is 4.65. The molecule has 0 radical (unpaired) electrons. The minimum Gasteiger partial charge on any atom is -0.331 e. The van der Waals surface area contributed by atoms with Gasteiger partial charge in [-0.05, 0) is 42.5 Å². The first-order chi connectivity index (χ1) is 13.3. The van der Waals surface area contributed by atoms with Gasteiger partial charge in [0.2, 0.25) is 0 Å². The molecule has 0 spiro atoms. The predicted molar refractivity (Wildman–Crippen MR) is 109 cm³/mol. The van der Waals surface area contributed by atoms with Gasteiger partial charge in [-0.2, -0.15) is 0 Å². The van der Waals surface area contributed by atoms with E-state index in [0.717, 1.165) is 27.8 Å². The van der Waals surface area contributed by atoms with Crippen molar-refractivity contribution in [3.63, 3.8) is 0 Å². The number of rotatable bonds is 5. The molecule has 2 aromatic carbocycles. The maximum atomic E-state index is 12.3. The van der Waals surface area contributed by atoms with E-state index in [1.165, 1.54) is 11.3 Å². The Morgan fingerprint density at radius 2 is 1.67 bits per heavy atom. The number of hydrogen-bond donors (Lipinski definition) is 2. The molecular formula is C21H16N4OS. The van der Waals surface area contributed by atoms with E-state index in [1.807, 2.05) is 60.0 Å². The number of aromatic nitrogens is 2. The number of nitrogens with zero attached hydrogens (tertiary/aromatic N) is 2. The van der Waals surface area contributed by atoms with Crippen molar-refractivity contribution in [2.45, 2.75) is 0 Å². The highest BCUT2D eigenvalue weighted by atomic mass is 32.1. The summed E-state index contributed by atoms with van der Waals surface area (Å²) in [6.07, 6.45) is 3.50. The van der Waals surface area contributed by atoms with Crippen molar-refractivity contribution in [1.82, 2.24) is 9.97 Å². The van der Waals surface area contributed by atoms with Crippen LogP contribution in [0, 0.1) is 0 Å². The molecule has 0 fully saturated rings. The second kappa shape index (κ2) is 7.80. The lowest BCUT2D eigenvalue weighted by Gasteiger charge is -2.08. The highest BCUT2D eigenvalue weighted by Crippen LogP contribution is 2.27. The highest BCUT2D eigenvalue weighted by Gasteiger charge is 2.07. The number of hydrogen-bond acceptors (Lipinski definition) is 5. The SMILES string of the molecule is O=C(Nc1cccc(Nc2nc(-c3ccncc3)cs2)c1)c1ccccc1. The predicted octanol–water partition coefficient (Wildman–Crippen LogP) is 5.20. The molecule has 2 N–H and O–H groups in total. The minimum absolute atomic E-state index is 0.137. The zero-order valence-electron chi connectivity index (χ0n) is 14.3. The molecule has 132 valence electrons. The molecule has 2 heterocycles. The van der Waals surface area contributed by atoms with Crippen LogP contribution in [-0.4, -0.2) is 15.9 Å². The summed E-state index contributed by atoms with van der Waals surface area (Å²) >= 11 is 1.53. The monoisotopic (exact) mass is 372 g/mol. The first kappa shape index (κ1) is 16.9. The molecule has 27 heavy (non-hydrogen) atoms. The second-order valence-corrected chi connectivity index (χ2v) is 6.66. The van der Waals surface area contributed by atoms with Crippen LogP contribution in [0.4, 0.5) is 16.5 Å². The summed E-state index contributed by atoms with van der Waals surface area (Å²) in [4.78, 5) is 20.9. The van der Waals surface area contributed by atoms with Gasteiger partial charge in [0.05, 0.1) is 5.69 Å². The molecule has 0 saturated heterocycles. The Kier molecular flexibility index (Phi) is 4.89. The zero-order chi connectivity index (χ0) is 18.5. The Hall–Kier alpha value is -3.51. The number of pyridine rings is 1. The smallest absolute Gasteiger partial charge is 0.255 e. The van der Waals surface area contributed by atoms with Crippen molar-refractivity contribution in [3.8, 4) is 11.3 Å². The molecule has 5 nitrogen and oxygen atoms in total. The van der Waals surface area contributed by atoms with E-state index in [-0.39, 0.29) is 5.91 Å². The number of amides is 1. The molecule has 0 unspecified atom stereocenters. The largest absolute Gasteiger partial charge is 0.331 e. The summed E-state index contributed by atoms with van der Waals surface area (Å²) in [7, 11) is 0. The fourth-order valence-electron chi connectivity index (χ4n) is 2.58. The van der Waals surface area contributed by atoms with Crippen LogP contribution < -0.4 is 10.6 Å². The normalized spacial score (nSPS) is 10.4. The van der Waals surface area contributed by atoms with Crippen LogP contribution in [0.2, 0.25) is 0 Å². The molecule has 6 heteroatoms. The number of benzene rings is 2. The average molecular weight is 372 g/mol. The lowest BCUT2D eigenvalue weighted by molar-refractivity contribution is 0.102. The molecule has 0 aliphatic heterocycles. The van der Waals surface area contributed by atoms with Crippen molar-refractivity contribution >= 4 is 33.8 Å². The van der Waals surface area contributed by atoms with Crippen molar-refractivity contribution in [2.75, 3.05) is 10.6 Å². The molecular weight excluding hydrogens is 356 g/mol. The van der Waals surface area contributed by atoms with Gasteiger partial charge in [-0.3, -0.25) is 9.78 Å². The number of carbonyl (C=O) groups is 1. The van der Waals surface area contributed by atoms with E-state index in [0.29, 0.717) is 5.56 Å². The average Bonchev–Trinajstić information content (AvgIpc) is 3.18. The highest BCUT2D eigenvalue weighted by molar-refractivity contribution is 7.14. The van der Waals surface area contributed by atoms with Crippen molar-refractivity contribution in [3.05, 3.63) is 90.1 Å². The van der Waals surface area contributed by atoms with E-state index >= 15 is 0 Å². The first-order valence-electron chi connectivity index (χ1n) is 8.37. The van der Waals surface area contributed by atoms with Crippen molar-refractivity contribution in [1.29, 1.82) is 0 Å². The third-order valence-electron chi connectivity index (χ3n) is 3.89. The summed E-state index contributed by atoms with van der Waals surface area (Å²) in [5.41, 5.74) is 4.13. The fraction of sp³-hybridized carbons (Fsp3) is 0. The third kappa shape index (κ3) is 4.19. The van der Waals surface area contributed by atoms with Gasteiger partial charge >= 0.3 is 0 Å². The van der Waals surface area contributed by atoms with Crippen LogP contribution in [0.15, 0.2) is 84.5 Å². The van der Waals surface area contributed by atoms with Gasteiger partial charge in [0.25, 0.3) is 5.91 Å². The van der Waals surface area contributed by atoms with E-state index in [2.05, 4.69) is 20.6 Å². The van der Waals surface area contributed by atoms with Crippen LogP contribution in [0.1, 0.15) is 10.4 Å². The van der Waals surface area contributed by atoms with E-state index in [1.54, 1.807) is 24.5 Å². The molecule has 0 saturated carbocycles. The number of thiazole rings is 1. The van der Waals surface area contributed by atoms with Crippen LogP contribution >= 0.6 is 11.3 Å². The van der Waals surface area contributed by atoms with Gasteiger partial charge in [0.15, 0.2) is 5.13 Å². The first-order valence-corrected chi connectivity index (χ1v) is 9.25. The van der Waals surface area contributed by atoms with Gasteiger partial charge in [0, 0.05) is 40.3 Å². The molecule has 0 bridgehead atoms. The van der Waals surface area contributed by atoms with Crippen molar-refractivity contribution in [2.24, 2.45) is 0 Å². The standard InChI is InChI=1S/C21H16N4OS/c26-20(16-5-2-1-3-6-16)23-17-7-4-8-18(13-17)24-21-25-19(14-27-21)15-9-11-22-12-10-15/h1-14H,(H,23,26)(H,24,25). The number of carbonyl (C=O) groups excluding carboxylic acids is 1.